The van der Waals surface area contributed by atoms with Crippen molar-refractivity contribution in [2.45, 2.75) is 33.2 Å². The van der Waals surface area contributed by atoms with E-state index in [-0.39, 0.29) is 12.3 Å². The van der Waals surface area contributed by atoms with Crippen LogP contribution in [0.3, 0.4) is 0 Å². The quantitative estimate of drug-likeness (QED) is 0.556. The SMILES string of the molecule is Cc1cc(C)c(NC(=O)C[C@H](C(=O)[O-])[NH+]2CC[NH+](C)CC2)c(C)c1. The van der Waals surface area contributed by atoms with E-state index in [1.165, 1.54) is 4.90 Å². The van der Waals surface area contributed by atoms with E-state index >= 15 is 0 Å². The zero-order valence-electron chi connectivity index (χ0n) is 15.0. The minimum Gasteiger partial charge on any atom is -0.544 e. The molecule has 1 atom stereocenters. The molecular formula is C18H28N3O3+. The standard InChI is InChI=1S/C18H27N3O3/c1-12-9-13(2)17(14(3)10-12)19-16(22)11-15(18(23)24)21-7-5-20(4)6-8-21/h9-10,15H,5-8,11H2,1-4H3,(H,19,22)(H,23,24)/p+1/t15-/m1/s1. The number of carboxylic acid groups (broad SMARTS) is 1. The average Bonchev–Trinajstić information content (AvgIpc) is 2.49. The number of likely N-dealkylation sites (N-methyl/N-ethyl adjacent to an activating group) is 1. The smallest absolute Gasteiger partial charge is 0.230 e. The molecule has 0 bridgehead atoms. The summed E-state index contributed by atoms with van der Waals surface area (Å²) in [6, 6.07) is 3.23. The van der Waals surface area contributed by atoms with Crippen molar-refractivity contribution in [3.8, 4) is 0 Å². The highest BCUT2D eigenvalue weighted by atomic mass is 16.4. The summed E-state index contributed by atoms with van der Waals surface area (Å²) in [6.07, 6.45) is -0.0521. The predicted molar refractivity (Wildman–Crippen MR) is 90.0 cm³/mol. The molecule has 6 heteroatoms. The van der Waals surface area contributed by atoms with E-state index in [0.717, 1.165) is 53.5 Å². The maximum absolute atomic E-state index is 12.4. The lowest BCUT2D eigenvalue weighted by Crippen LogP contribution is -3.29. The van der Waals surface area contributed by atoms with Crippen LogP contribution in [0.5, 0.6) is 0 Å². The summed E-state index contributed by atoms with van der Waals surface area (Å²) in [7, 11) is 2.10. The van der Waals surface area contributed by atoms with Crippen LogP contribution in [0.4, 0.5) is 5.69 Å². The number of aliphatic carboxylic acids is 1. The molecule has 1 aliphatic rings. The van der Waals surface area contributed by atoms with Gasteiger partial charge in [0, 0.05) is 5.69 Å². The van der Waals surface area contributed by atoms with Crippen LogP contribution in [0.15, 0.2) is 12.1 Å². The molecule has 0 radical (unpaired) electrons. The van der Waals surface area contributed by atoms with Gasteiger partial charge in [0.05, 0.1) is 19.4 Å². The number of piperazine rings is 1. The third kappa shape index (κ3) is 4.55. The van der Waals surface area contributed by atoms with Crippen molar-refractivity contribution in [2.24, 2.45) is 0 Å². The van der Waals surface area contributed by atoms with E-state index < -0.39 is 12.0 Å². The highest BCUT2D eigenvalue weighted by molar-refractivity contribution is 5.94. The van der Waals surface area contributed by atoms with Gasteiger partial charge in [-0.25, -0.2) is 0 Å². The monoisotopic (exact) mass is 334 g/mol. The molecule has 0 aromatic heterocycles. The summed E-state index contributed by atoms with van der Waals surface area (Å²) in [5, 5.41) is 14.4. The largest absolute Gasteiger partial charge is 0.544 e. The molecule has 0 saturated carbocycles. The number of rotatable bonds is 5. The third-order valence-electron chi connectivity index (χ3n) is 4.85. The van der Waals surface area contributed by atoms with Crippen LogP contribution in [0.25, 0.3) is 0 Å². The van der Waals surface area contributed by atoms with Crippen LogP contribution >= 0.6 is 0 Å². The number of quaternary nitrogens is 2. The third-order valence-corrected chi connectivity index (χ3v) is 4.85. The zero-order chi connectivity index (χ0) is 17.9. The highest BCUT2D eigenvalue weighted by Gasteiger charge is 2.31. The van der Waals surface area contributed by atoms with Crippen molar-refractivity contribution in [2.75, 3.05) is 38.5 Å². The Kier molecular flexibility index (Phi) is 5.96. The van der Waals surface area contributed by atoms with Gasteiger partial charge in [-0.3, -0.25) is 4.79 Å². The van der Waals surface area contributed by atoms with Crippen LogP contribution in [0.1, 0.15) is 23.1 Å². The van der Waals surface area contributed by atoms with E-state index in [2.05, 4.69) is 12.4 Å². The van der Waals surface area contributed by atoms with Crippen LogP contribution in [-0.4, -0.2) is 51.1 Å². The summed E-state index contributed by atoms with van der Waals surface area (Å²) < 4.78 is 0. The molecule has 1 heterocycles. The molecule has 24 heavy (non-hydrogen) atoms. The lowest BCUT2D eigenvalue weighted by atomic mass is 10.0. The van der Waals surface area contributed by atoms with Crippen molar-refractivity contribution in [1.29, 1.82) is 0 Å². The van der Waals surface area contributed by atoms with E-state index in [1.807, 2.05) is 32.9 Å². The summed E-state index contributed by atoms with van der Waals surface area (Å²) in [5.41, 5.74) is 3.89. The van der Waals surface area contributed by atoms with Crippen molar-refractivity contribution in [3.05, 3.63) is 28.8 Å². The molecule has 3 N–H and O–H groups in total. The number of aryl methyl sites for hydroxylation is 3. The van der Waals surface area contributed by atoms with E-state index in [1.54, 1.807) is 0 Å². The zero-order valence-corrected chi connectivity index (χ0v) is 15.0. The van der Waals surface area contributed by atoms with Gasteiger partial charge in [0.1, 0.15) is 32.2 Å². The van der Waals surface area contributed by atoms with Gasteiger partial charge in [0.2, 0.25) is 5.91 Å². The average molecular weight is 334 g/mol. The molecule has 1 saturated heterocycles. The fraction of sp³-hybridized carbons (Fsp3) is 0.556. The van der Waals surface area contributed by atoms with E-state index in [4.69, 9.17) is 0 Å². The first-order valence-electron chi connectivity index (χ1n) is 8.52. The molecule has 132 valence electrons. The minimum atomic E-state index is -1.14. The lowest BCUT2D eigenvalue weighted by molar-refractivity contribution is -1.01. The first-order chi connectivity index (χ1) is 11.3. The first-order valence-corrected chi connectivity index (χ1v) is 8.52. The summed E-state index contributed by atoms with van der Waals surface area (Å²) in [4.78, 5) is 26.3. The van der Waals surface area contributed by atoms with Crippen molar-refractivity contribution < 1.29 is 24.5 Å². The fourth-order valence-electron chi connectivity index (χ4n) is 3.49. The molecule has 1 aromatic carbocycles. The Hall–Kier alpha value is -1.92. The van der Waals surface area contributed by atoms with E-state index in [9.17, 15) is 14.7 Å². The molecular weight excluding hydrogens is 306 g/mol. The van der Waals surface area contributed by atoms with Crippen LogP contribution in [0.2, 0.25) is 0 Å². The second-order valence-electron chi connectivity index (χ2n) is 7.01. The van der Waals surface area contributed by atoms with Gasteiger partial charge in [-0.2, -0.15) is 0 Å². The van der Waals surface area contributed by atoms with Crippen LogP contribution in [-0.2, 0) is 9.59 Å². The fourth-order valence-corrected chi connectivity index (χ4v) is 3.49. The minimum absolute atomic E-state index is 0.0521. The lowest BCUT2D eigenvalue weighted by Gasteiger charge is -2.33. The molecule has 6 nitrogen and oxygen atoms in total. The number of hydrogen-bond acceptors (Lipinski definition) is 3. The van der Waals surface area contributed by atoms with Gasteiger partial charge < -0.3 is 25.0 Å². The Balaban J connectivity index is 2.05. The normalized spacial score (nSPS) is 22.0. The second kappa shape index (κ2) is 7.77. The number of anilines is 1. The van der Waals surface area contributed by atoms with Gasteiger partial charge in [0.25, 0.3) is 0 Å². The molecule has 0 aliphatic carbocycles. The van der Waals surface area contributed by atoms with Crippen LogP contribution in [0, 0.1) is 20.8 Å². The molecule has 1 amide bonds. The Labute approximate surface area is 143 Å². The maximum atomic E-state index is 12.4. The van der Waals surface area contributed by atoms with Gasteiger partial charge in [0.15, 0.2) is 0 Å². The first kappa shape index (κ1) is 18.4. The van der Waals surface area contributed by atoms with Crippen molar-refractivity contribution in [3.63, 3.8) is 0 Å². The van der Waals surface area contributed by atoms with Gasteiger partial charge in [-0.05, 0) is 31.9 Å². The Morgan fingerprint density at radius 1 is 1.12 bits per heavy atom. The van der Waals surface area contributed by atoms with Gasteiger partial charge >= 0.3 is 0 Å². The Morgan fingerprint density at radius 2 is 1.67 bits per heavy atom. The second-order valence-corrected chi connectivity index (χ2v) is 7.01. The molecule has 1 fully saturated rings. The van der Waals surface area contributed by atoms with Crippen molar-refractivity contribution >= 4 is 17.6 Å². The number of nitrogens with one attached hydrogen (secondary N) is 3. The number of carbonyl (C=O) groups is 2. The molecule has 0 unspecified atom stereocenters. The number of amides is 1. The number of carbonyl (C=O) groups excluding carboxylic acids is 2. The van der Waals surface area contributed by atoms with Gasteiger partial charge in [-0.15, -0.1) is 0 Å². The summed E-state index contributed by atoms with van der Waals surface area (Å²) >= 11 is 0. The molecule has 2 rings (SSSR count). The molecule has 1 aliphatic heterocycles. The summed E-state index contributed by atoms with van der Waals surface area (Å²) in [6.45, 7) is 9.23. The summed E-state index contributed by atoms with van der Waals surface area (Å²) in [5.74, 6) is -1.41. The van der Waals surface area contributed by atoms with Gasteiger partial charge in [-0.1, -0.05) is 17.7 Å². The topological polar surface area (TPSA) is 78.1 Å². The molecule has 0 spiro atoms. The Bertz CT molecular complexity index is 599. The van der Waals surface area contributed by atoms with Crippen LogP contribution < -0.4 is 20.2 Å². The molecule has 1 aromatic rings. The predicted octanol–water partition coefficient (Wildman–Crippen LogP) is -2.53. The highest BCUT2D eigenvalue weighted by Crippen LogP contribution is 2.22. The maximum Gasteiger partial charge on any atom is 0.230 e. The van der Waals surface area contributed by atoms with Crippen molar-refractivity contribution in [1.82, 2.24) is 0 Å². The van der Waals surface area contributed by atoms with E-state index in [0.29, 0.717) is 0 Å². The number of hydrogen-bond donors (Lipinski definition) is 3. The number of carboxylic acids is 1. The number of benzene rings is 1. The Morgan fingerprint density at radius 3 is 2.17 bits per heavy atom.